The highest BCUT2D eigenvalue weighted by Gasteiger charge is 2.28. The molecule has 0 aliphatic carbocycles. The fourth-order valence-electron chi connectivity index (χ4n) is 3.66. The fraction of sp³-hybridized carbons (Fsp3) is 0.485. The number of aryl methyl sites for hydroxylation is 1. The number of hydrogen-bond acceptors (Lipinski definition) is 7. The first-order chi connectivity index (χ1) is 18.5. The normalized spacial score (nSPS) is 12.2. The second kappa shape index (κ2) is 13.2. The van der Waals surface area contributed by atoms with Gasteiger partial charge in [0.1, 0.15) is 17.2 Å². The van der Waals surface area contributed by atoms with Gasteiger partial charge in [0, 0.05) is 16.7 Å². The van der Waals surface area contributed by atoms with Gasteiger partial charge in [0.15, 0.2) is 5.76 Å². The smallest absolute Gasteiger partial charge is 0.316 e. The Kier molecular flexibility index (Phi) is 10.7. The molecule has 0 fully saturated rings. The molecule has 0 aromatic heterocycles. The number of rotatable bonds is 10. The van der Waals surface area contributed by atoms with E-state index in [2.05, 4.69) is 0 Å². The van der Waals surface area contributed by atoms with Gasteiger partial charge in [-0.25, -0.2) is 0 Å². The summed E-state index contributed by atoms with van der Waals surface area (Å²) in [4.78, 5) is 38.4. The van der Waals surface area contributed by atoms with Gasteiger partial charge in [-0.2, -0.15) is 0 Å². The molecule has 0 spiro atoms. The van der Waals surface area contributed by atoms with Crippen molar-refractivity contribution < 1.29 is 33.3 Å². The molecule has 0 N–H and O–H groups in total. The van der Waals surface area contributed by atoms with Crippen LogP contribution in [0.2, 0.25) is 0 Å². The summed E-state index contributed by atoms with van der Waals surface area (Å²) in [5.74, 6) is 0.466. The maximum atomic E-state index is 13.4. The van der Waals surface area contributed by atoms with E-state index in [9.17, 15) is 14.4 Å². The first-order valence-corrected chi connectivity index (χ1v) is 13.7. The number of Topliss-reactive ketones (excluding diaryl/α,β-unsaturated/α-hetero) is 1. The third kappa shape index (κ3) is 8.20. The zero-order valence-corrected chi connectivity index (χ0v) is 25.8. The second-order valence-electron chi connectivity index (χ2n) is 12.0. The number of hydrogen-bond donors (Lipinski definition) is 0. The summed E-state index contributed by atoms with van der Waals surface area (Å²) in [5, 5.41) is 0. The van der Waals surface area contributed by atoms with E-state index in [1.54, 1.807) is 51.1 Å². The highest BCUT2D eigenvalue weighted by Crippen LogP contribution is 2.40. The third-order valence-corrected chi connectivity index (χ3v) is 6.00. The molecule has 0 bridgehead atoms. The Morgan fingerprint density at radius 3 is 1.82 bits per heavy atom. The number of methoxy groups -OCH3 is 1. The summed E-state index contributed by atoms with van der Waals surface area (Å²) in [6.07, 6.45) is 2.64. The molecule has 40 heavy (non-hydrogen) atoms. The van der Waals surface area contributed by atoms with Gasteiger partial charge in [-0.3, -0.25) is 14.4 Å². The number of ketones is 1. The molecule has 2 aromatic carbocycles. The van der Waals surface area contributed by atoms with E-state index in [1.165, 1.54) is 7.11 Å². The van der Waals surface area contributed by atoms with Crippen molar-refractivity contribution in [2.75, 3.05) is 7.11 Å². The minimum atomic E-state index is -0.677. The van der Waals surface area contributed by atoms with Crippen LogP contribution in [0, 0.1) is 10.8 Å². The van der Waals surface area contributed by atoms with Gasteiger partial charge in [-0.15, -0.1) is 0 Å². The van der Waals surface area contributed by atoms with Crippen LogP contribution in [0.5, 0.6) is 17.2 Å². The van der Waals surface area contributed by atoms with Crippen LogP contribution < -0.4 is 14.2 Å². The number of benzene rings is 2. The van der Waals surface area contributed by atoms with Crippen LogP contribution >= 0.6 is 0 Å². The van der Waals surface area contributed by atoms with Gasteiger partial charge in [0.2, 0.25) is 5.78 Å². The van der Waals surface area contributed by atoms with Gasteiger partial charge in [-0.1, -0.05) is 13.8 Å². The van der Waals surface area contributed by atoms with E-state index in [0.29, 0.717) is 41.2 Å². The van der Waals surface area contributed by atoms with Crippen LogP contribution in [-0.4, -0.2) is 30.9 Å². The van der Waals surface area contributed by atoms with Crippen LogP contribution in [0.1, 0.15) is 96.3 Å². The van der Waals surface area contributed by atoms with Crippen molar-refractivity contribution >= 4 is 23.8 Å². The molecule has 0 amide bonds. The second-order valence-corrected chi connectivity index (χ2v) is 12.0. The van der Waals surface area contributed by atoms with Gasteiger partial charge >= 0.3 is 11.9 Å². The molecule has 0 unspecified atom stereocenters. The topological polar surface area (TPSA) is 88.1 Å². The monoisotopic (exact) mass is 552 g/mol. The van der Waals surface area contributed by atoms with Crippen LogP contribution in [0.4, 0.5) is 0 Å². The molecule has 0 atom stereocenters. The van der Waals surface area contributed by atoms with E-state index in [1.807, 2.05) is 54.5 Å². The van der Waals surface area contributed by atoms with Gasteiger partial charge in [0.25, 0.3) is 0 Å². The first-order valence-electron chi connectivity index (χ1n) is 13.7. The summed E-state index contributed by atoms with van der Waals surface area (Å²) in [7, 11) is 1.44. The molecule has 218 valence electrons. The molecular weight excluding hydrogens is 508 g/mol. The number of carbonyl (C=O) groups excluding carboxylic acids is 3. The Balaban J connectivity index is 2.58. The number of allylic oxidation sites excluding steroid dienone is 1. The molecule has 2 rings (SSSR count). The quantitative estimate of drug-likeness (QED) is 0.0999. The van der Waals surface area contributed by atoms with E-state index in [0.717, 1.165) is 11.1 Å². The van der Waals surface area contributed by atoms with Gasteiger partial charge < -0.3 is 18.9 Å². The molecular formula is C33H44O7. The van der Waals surface area contributed by atoms with Crippen molar-refractivity contribution in [1.82, 2.24) is 0 Å². The number of carbonyl (C=O) groups is 3. The standard InChI is InChI=1S/C33H44O7/c1-12-21-18-23(29(38-20(3)4)25(13-2)28(21)40-31(36)33(8,9)10)19-26(37-11)27(34)22-14-16-24(17-15-22)39-30(35)32(5,6)7/h14-20H,12-13H2,1-11H3. The number of esters is 2. The lowest BCUT2D eigenvalue weighted by molar-refractivity contribution is -0.143. The zero-order valence-electron chi connectivity index (χ0n) is 25.8. The Labute approximate surface area is 238 Å². The minimum Gasteiger partial charge on any atom is -0.493 e. The number of ether oxygens (including phenoxy) is 4. The van der Waals surface area contributed by atoms with Crippen LogP contribution in [0.25, 0.3) is 6.08 Å². The lowest BCUT2D eigenvalue weighted by Crippen LogP contribution is -2.26. The molecule has 7 nitrogen and oxygen atoms in total. The van der Waals surface area contributed by atoms with Crippen LogP contribution in [0.15, 0.2) is 36.1 Å². The maximum absolute atomic E-state index is 13.4. The highest BCUT2D eigenvalue weighted by molar-refractivity contribution is 6.10. The molecule has 2 aromatic rings. The van der Waals surface area contributed by atoms with Crippen molar-refractivity contribution in [1.29, 1.82) is 0 Å². The van der Waals surface area contributed by atoms with Crippen molar-refractivity contribution in [2.24, 2.45) is 10.8 Å². The SMILES string of the molecule is CCc1cc(C=C(OC)C(=O)c2ccc(OC(=O)C(C)(C)C)cc2)c(OC(C)C)c(CC)c1OC(=O)C(C)(C)C. The van der Waals surface area contributed by atoms with Crippen LogP contribution in [-0.2, 0) is 27.2 Å². The molecule has 0 heterocycles. The van der Waals surface area contributed by atoms with E-state index in [-0.39, 0.29) is 29.6 Å². The molecule has 0 aliphatic rings. The van der Waals surface area contributed by atoms with Gasteiger partial charge in [0.05, 0.1) is 24.0 Å². The Hall–Kier alpha value is -3.61. The average molecular weight is 553 g/mol. The van der Waals surface area contributed by atoms with Gasteiger partial charge in [-0.05, 0) is 110 Å². The zero-order chi connectivity index (χ0) is 30.4. The Bertz CT molecular complexity index is 1250. The highest BCUT2D eigenvalue weighted by atomic mass is 16.5. The summed E-state index contributed by atoms with van der Waals surface area (Å²) in [5.41, 5.74) is 1.28. The summed E-state index contributed by atoms with van der Waals surface area (Å²) in [6, 6.07) is 8.23. The van der Waals surface area contributed by atoms with Crippen molar-refractivity contribution in [2.45, 2.75) is 88.2 Å². The predicted octanol–water partition coefficient (Wildman–Crippen LogP) is 7.37. The molecule has 0 radical (unpaired) electrons. The van der Waals surface area contributed by atoms with E-state index < -0.39 is 10.8 Å². The lowest BCUT2D eigenvalue weighted by Gasteiger charge is -2.24. The molecule has 7 heteroatoms. The van der Waals surface area contributed by atoms with Crippen molar-refractivity contribution in [3.05, 3.63) is 58.3 Å². The van der Waals surface area contributed by atoms with Crippen LogP contribution in [0.3, 0.4) is 0 Å². The lowest BCUT2D eigenvalue weighted by atomic mass is 9.95. The molecule has 0 aliphatic heterocycles. The fourth-order valence-corrected chi connectivity index (χ4v) is 3.66. The minimum absolute atomic E-state index is 0.108. The molecule has 0 saturated carbocycles. The third-order valence-electron chi connectivity index (χ3n) is 6.00. The van der Waals surface area contributed by atoms with E-state index in [4.69, 9.17) is 18.9 Å². The molecule has 0 saturated heterocycles. The maximum Gasteiger partial charge on any atom is 0.316 e. The van der Waals surface area contributed by atoms with E-state index >= 15 is 0 Å². The predicted molar refractivity (Wildman–Crippen MR) is 157 cm³/mol. The Morgan fingerprint density at radius 2 is 1.38 bits per heavy atom. The average Bonchev–Trinajstić information content (AvgIpc) is 2.86. The summed E-state index contributed by atoms with van der Waals surface area (Å²) < 4.78 is 23.1. The van der Waals surface area contributed by atoms with Crippen molar-refractivity contribution in [3.63, 3.8) is 0 Å². The summed E-state index contributed by atoms with van der Waals surface area (Å²) >= 11 is 0. The largest absolute Gasteiger partial charge is 0.493 e. The summed E-state index contributed by atoms with van der Waals surface area (Å²) in [6.45, 7) is 18.5. The Morgan fingerprint density at radius 1 is 0.825 bits per heavy atom. The van der Waals surface area contributed by atoms with Crippen molar-refractivity contribution in [3.8, 4) is 17.2 Å². The first kappa shape index (κ1) is 32.6.